The highest BCUT2D eigenvalue weighted by molar-refractivity contribution is 7.67. The highest BCUT2D eigenvalue weighted by atomic mass is 31.1. The van der Waals surface area contributed by atoms with Crippen LogP contribution in [0.5, 0.6) is 0 Å². The number of nitrogens with zero attached hydrogens (tertiary/aromatic N) is 3. The lowest BCUT2D eigenvalue weighted by Crippen LogP contribution is -2.55. The van der Waals surface area contributed by atoms with Gasteiger partial charge < -0.3 is 0 Å². The van der Waals surface area contributed by atoms with Crippen molar-refractivity contribution in [2.24, 2.45) is 0 Å². The first-order valence-electron chi connectivity index (χ1n) is 14.0. The van der Waals surface area contributed by atoms with E-state index in [1.165, 1.54) is 33.6 Å². The highest BCUT2D eigenvalue weighted by Gasteiger charge is 2.41. The summed E-state index contributed by atoms with van der Waals surface area (Å²) in [6, 6.07) is 7.20. The second-order valence-corrected chi connectivity index (χ2v) is 28.4. The van der Waals surface area contributed by atoms with Gasteiger partial charge in [-0.3, -0.25) is 0 Å². The predicted octanol–water partition coefficient (Wildman–Crippen LogP) is 8.01. The van der Waals surface area contributed by atoms with Crippen LogP contribution in [-0.2, 0) is 17.0 Å². The summed E-state index contributed by atoms with van der Waals surface area (Å²) < 4.78 is 10.2. The van der Waals surface area contributed by atoms with Crippen molar-refractivity contribution in [2.75, 3.05) is 0 Å². The van der Waals surface area contributed by atoms with Gasteiger partial charge in [-0.25, -0.2) is 9.49 Å². The van der Waals surface area contributed by atoms with E-state index in [0.717, 1.165) is 22.9 Å². The largest absolute Gasteiger partial charge is 0.232 e. The molecule has 8 heteroatoms. The zero-order valence-corrected chi connectivity index (χ0v) is 31.4. The molecule has 3 rings (SSSR count). The zero-order chi connectivity index (χ0) is 29.7. The fraction of sp³-hybridized carbons (Fsp3) is 0.581. The van der Waals surface area contributed by atoms with Gasteiger partial charge in [0.15, 0.2) is 0 Å². The normalized spacial score (nSPS) is 13.9. The summed E-state index contributed by atoms with van der Waals surface area (Å²) in [5, 5.41) is 9.71. The van der Waals surface area contributed by atoms with Crippen molar-refractivity contribution < 1.29 is 0 Å². The van der Waals surface area contributed by atoms with E-state index in [4.69, 9.17) is 9.49 Å². The van der Waals surface area contributed by atoms with Crippen molar-refractivity contribution in [3.63, 3.8) is 0 Å². The Bertz CT molecular complexity index is 1340. The van der Waals surface area contributed by atoms with Gasteiger partial charge in [0, 0.05) is 34.0 Å². The standard InChI is InChI=1S/C31H48N3P3Si2/c1-20-18-24(30(5,6)7)33-35-26(20)38(11,12)28-22(3)23(4)29(37(28)17-15-16-32)39(13,14)27-21(2)19-25(34-36-27)31(8,9)10/h18-19H,15,17H2,1-14H3. The fourth-order valence-electron chi connectivity index (χ4n) is 6.03. The molecule has 0 unspecified atom stereocenters. The van der Waals surface area contributed by atoms with Crippen LogP contribution in [0, 0.1) is 39.0 Å². The van der Waals surface area contributed by atoms with Gasteiger partial charge >= 0.3 is 0 Å². The molecule has 0 saturated heterocycles. The molecular weight excluding hydrogens is 563 g/mol. The minimum absolute atomic E-state index is 0.0611. The first-order chi connectivity index (χ1) is 17.8. The van der Waals surface area contributed by atoms with Crippen molar-refractivity contribution in [1.29, 1.82) is 5.26 Å². The molecule has 0 aliphatic rings. The molecular formula is C31H48N3P3Si2. The van der Waals surface area contributed by atoms with Crippen LogP contribution < -0.4 is 19.7 Å². The summed E-state index contributed by atoms with van der Waals surface area (Å²) in [6.07, 6.45) is 1.60. The minimum atomic E-state index is -2.01. The van der Waals surface area contributed by atoms with Gasteiger partial charge in [0.05, 0.1) is 17.5 Å². The second-order valence-electron chi connectivity index (χ2n) is 14.3. The van der Waals surface area contributed by atoms with E-state index >= 15 is 0 Å². The quantitative estimate of drug-likeness (QED) is 0.265. The van der Waals surface area contributed by atoms with E-state index in [1.54, 1.807) is 19.7 Å². The Morgan fingerprint density at radius 3 is 1.38 bits per heavy atom. The van der Waals surface area contributed by atoms with Gasteiger partial charge in [0.1, 0.15) is 16.1 Å². The van der Waals surface area contributed by atoms with Crippen molar-refractivity contribution in [3.05, 3.63) is 45.8 Å². The molecule has 3 nitrogen and oxygen atoms in total. The maximum atomic E-state index is 9.71. The smallest absolute Gasteiger partial charge is 0.125 e. The summed E-state index contributed by atoms with van der Waals surface area (Å²) >= 11 is 0. The number of aryl methyl sites for hydroxylation is 2. The van der Waals surface area contributed by atoms with Gasteiger partial charge in [0.2, 0.25) is 0 Å². The predicted molar refractivity (Wildman–Crippen MR) is 183 cm³/mol. The van der Waals surface area contributed by atoms with Crippen LogP contribution in [0.15, 0.2) is 12.1 Å². The van der Waals surface area contributed by atoms with Gasteiger partial charge in [-0.1, -0.05) is 67.7 Å². The Balaban J connectivity index is 2.29. The average molecular weight is 612 g/mol. The molecule has 3 aromatic rings. The first kappa shape index (κ1) is 32.4. The molecule has 3 aromatic heterocycles. The second kappa shape index (κ2) is 11.3. The van der Waals surface area contributed by atoms with Crippen LogP contribution in [0.3, 0.4) is 0 Å². The molecule has 0 aromatic carbocycles. The van der Waals surface area contributed by atoms with Gasteiger partial charge in [-0.2, -0.15) is 5.26 Å². The third-order valence-corrected chi connectivity index (χ3v) is 27.5. The maximum Gasteiger partial charge on any atom is 0.125 e. The van der Waals surface area contributed by atoms with E-state index in [1.807, 2.05) is 0 Å². The summed E-state index contributed by atoms with van der Waals surface area (Å²) in [5.74, 6) is 0. The molecule has 0 aliphatic heterocycles. The molecule has 0 fully saturated rings. The summed E-state index contributed by atoms with van der Waals surface area (Å²) in [6.45, 7) is 33.1. The monoisotopic (exact) mass is 611 g/mol. The Morgan fingerprint density at radius 1 is 0.744 bits per heavy atom. The lowest BCUT2D eigenvalue weighted by molar-refractivity contribution is 0.574. The highest BCUT2D eigenvalue weighted by Crippen LogP contribution is 2.38. The average Bonchev–Trinajstić information content (AvgIpc) is 3.06. The Kier molecular flexibility index (Phi) is 9.36. The van der Waals surface area contributed by atoms with Gasteiger partial charge in [-0.15, -0.1) is 7.53 Å². The van der Waals surface area contributed by atoms with Crippen molar-refractivity contribution in [1.82, 2.24) is 9.49 Å². The van der Waals surface area contributed by atoms with E-state index in [-0.39, 0.29) is 10.8 Å². The molecule has 0 N–H and O–H groups in total. The Morgan fingerprint density at radius 2 is 1.10 bits per heavy atom. The number of aromatic nitrogens is 2. The van der Waals surface area contributed by atoms with E-state index in [2.05, 4.69) is 114 Å². The van der Waals surface area contributed by atoms with E-state index < -0.39 is 23.7 Å². The van der Waals surface area contributed by atoms with E-state index in [0.29, 0.717) is 6.42 Å². The molecule has 3 heterocycles. The summed E-state index contributed by atoms with van der Waals surface area (Å²) in [4.78, 5) is 6.50. The molecule has 0 atom stereocenters. The Hall–Kier alpha value is -1.14. The molecule has 0 spiro atoms. The topological polar surface area (TPSA) is 49.6 Å². The minimum Gasteiger partial charge on any atom is -0.232 e. The number of hydrogen-bond donors (Lipinski definition) is 0. The molecule has 0 amide bonds. The lowest BCUT2D eigenvalue weighted by atomic mass is 9.92. The van der Waals surface area contributed by atoms with Crippen LogP contribution in [0.25, 0.3) is 0 Å². The molecule has 0 bridgehead atoms. The number of rotatable bonds is 6. The summed E-state index contributed by atoms with van der Waals surface area (Å²) in [5.41, 5.74) is 8.38. The molecule has 0 aliphatic carbocycles. The van der Waals surface area contributed by atoms with E-state index in [9.17, 15) is 5.26 Å². The molecule has 39 heavy (non-hydrogen) atoms. The van der Waals surface area contributed by atoms with Gasteiger partial charge in [0.25, 0.3) is 0 Å². The van der Waals surface area contributed by atoms with Crippen LogP contribution in [0.1, 0.15) is 81.6 Å². The van der Waals surface area contributed by atoms with Crippen molar-refractivity contribution >= 4 is 60.1 Å². The zero-order valence-electron chi connectivity index (χ0n) is 26.8. The number of hydrogen-bond acceptors (Lipinski definition) is 3. The van der Waals surface area contributed by atoms with Gasteiger partial charge in [-0.05, 0) is 87.9 Å². The molecule has 0 saturated carbocycles. The summed E-state index contributed by atoms with van der Waals surface area (Å²) in [7, 11) is -2.29. The molecule has 210 valence electrons. The third-order valence-electron chi connectivity index (χ3n) is 8.13. The fourth-order valence-corrected chi connectivity index (χ4v) is 25.8. The Labute approximate surface area is 244 Å². The third kappa shape index (κ3) is 6.22. The maximum absolute atomic E-state index is 9.71. The van der Waals surface area contributed by atoms with Crippen LogP contribution >= 0.6 is 24.2 Å². The van der Waals surface area contributed by atoms with Crippen molar-refractivity contribution in [3.8, 4) is 6.07 Å². The van der Waals surface area contributed by atoms with Crippen molar-refractivity contribution in [2.45, 2.75) is 119 Å². The molecule has 0 radical (unpaired) electrons. The van der Waals surface area contributed by atoms with Crippen LogP contribution in [-0.4, -0.2) is 25.6 Å². The lowest BCUT2D eigenvalue weighted by Gasteiger charge is -2.31. The first-order valence-corrected chi connectivity index (χ1v) is 23.3. The van der Waals surface area contributed by atoms with Crippen LogP contribution in [0.2, 0.25) is 26.2 Å². The number of nitriles is 1. The van der Waals surface area contributed by atoms with Crippen LogP contribution in [0.4, 0.5) is 0 Å². The SMILES string of the molecule is Cc1cc(C(C)(C)C)npc1[Si](C)(C)c1c(C)c(C)c([Si](C)(C)c2pnc(C(C)(C)C)cc2C)p1CCC#N.